The maximum absolute atomic E-state index is 12.1. The number of ether oxygens (including phenoxy) is 1. The number of hydrogen-bond acceptors (Lipinski definition) is 4. The van der Waals surface area contributed by atoms with Crippen molar-refractivity contribution in [2.24, 2.45) is 5.92 Å². The Hall–Kier alpha value is -1.01. The van der Waals surface area contributed by atoms with Crippen LogP contribution in [0.3, 0.4) is 0 Å². The van der Waals surface area contributed by atoms with E-state index in [2.05, 4.69) is 9.80 Å². The number of likely N-dealkylation sites (tertiary alicyclic amines) is 1. The molecule has 138 valence electrons. The third kappa shape index (κ3) is 4.59. The van der Waals surface area contributed by atoms with Crippen molar-refractivity contribution in [2.45, 2.75) is 6.42 Å². The highest BCUT2D eigenvalue weighted by Crippen LogP contribution is 2.33. The second-order valence-electron chi connectivity index (χ2n) is 6.76. The predicted octanol–water partition coefficient (Wildman–Crippen LogP) is 2.61. The van der Waals surface area contributed by atoms with Crippen LogP contribution in [0.1, 0.15) is 6.42 Å². The normalized spacial score (nSPS) is 22.0. The van der Waals surface area contributed by atoms with E-state index in [-0.39, 0.29) is 5.91 Å². The highest BCUT2D eigenvalue weighted by Gasteiger charge is 2.31. The molecule has 1 atom stereocenters. The lowest BCUT2D eigenvalue weighted by Gasteiger charge is -2.37. The average molecular weight is 386 g/mol. The molecule has 2 aliphatic rings. The van der Waals surface area contributed by atoms with Crippen LogP contribution in [0, 0.1) is 5.92 Å². The summed E-state index contributed by atoms with van der Waals surface area (Å²) in [4.78, 5) is 18.7. The Balaban J connectivity index is 1.48. The number of rotatable bonds is 6. The van der Waals surface area contributed by atoms with E-state index in [0.717, 1.165) is 45.0 Å². The molecule has 2 saturated heterocycles. The van der Waals surface area contributed by atoms with Gasteiger partial charge in [0.2, 0.25) is 5.91 Å². The molecule has 0 saturated carbocycles. The van der Waals surface area contributed by atoms with Crippen LogP contribution in [0.5, 0.6) is 0 Å². The van der Waals surface area contributed by atoms with Gasteiger partial charge in [-0.2, -0.15) is 0 Å². The van der Waals surface area contributed by atoms with Crippen LogP contribution in [0.4, 0.5) is 5.69 Å². The number of hydrogen-bond donors (Lipinski definition) is 0. The van der Waals surface area contributed by atoms with E-state index < -0.39 is 0 Å². The van der Waals surface area contributed by atoms with Crippen molar-refractivity contribution in [3.63, 3.8) is 0 Å². The molecule has 7 heteroatoms. The molecule has 1 aromatic rings. The molecule has 1 amide bonds. The van der Waals surface area contributed by atoms with Crippen molar-refractivity contribution in [1.82, 2.24) is 9.80 Å². The van der Waals surface area contributed by atoms with E-state index in [1.807, 2.05) is 23.1 Å². The van der Waals surface area contributed by atoms with E-state index in [4.69, 9.17) is 27.9 Å². The number of benzene rings is 1. The van der Waals surface area contributed by atoms with Crippen LogP contribution >= 0.6 is 23.2 Å². The van der Waals surface area contributed by atoms with Gasteiger partial charge in [-0.1, -0.05) is 29.3 Å². The van der Waals surface area contributed by atoms with Crippen LogP contribution < -0.4 is 4.90 Å². The summed E-state index contributed by atoms with van der Waals surface area (Å²) >= 11 is 12.5. The fourth-order valence-electron chi connectivity index (χ4n) is 3.67. The molecular formula is C18H25Cl2N3O2. The minimum atomic E-state index is 0.256. The molecular weight excluding hydrogens is 361 g/mol. The Kier molecular flexibility index (Phi) is 6.44. The number of halogens is 2. The quantitative estimate of drug-likeness (QED) is 0.753. The van der Waals surface area contributed by atoms with Crippen LogP contribution in [-0.2, 0) is 9.53 Å². The van der Waals surface area contributed by atoms with Gasteiger partial charge in [-0.05, 0) is 18.1 Å². The van der Waals surface area contributed by atoms with E-state index >= 15 is 0 Å². The Bertz CT molecular complexity index is 606. The standard InChI is InChI=1S/C18H25Cl2N3O2/c1-25-10-9-23-13-14(11-17(23)24)12-21-5-7-22(8-6-21)16-4-2-3-15(19)18(16)20/h2-4,14H,5-13H2,1H3/t14-/m1/s1. The number of carbonyl (C=O) groups is 1. The molecule has 2 fully saturated rings. The first-order valence-electron chi connectivity index (χ1n) is 8.76. The molecule has 0 N–H and O–H groups in total. The van der Waals surface area contributed by atoms with Crippen molar-refractivity contribution in [2.75, 3.05) is 64.4 Å². The lowest BCUT2D eigenvalue weighted by molar-refractivity contribution is -0.128. The molecule has 2 aliphatic heterocycles. The van der Waals surface area contributed by atoms with Gasteiger partial charge >= 0.3 is 0 Å². The Morgan fingerprint density at radius 1 is 1.20 bits per heavy atom. The van der Waals surface area contributed by atoms with Gasteiger partial charge in [-0.3, -0.25) is 9.69 Å². The molecule has 5 nitrogen and oxygen atoms in total. The van der Waals surface area contributed by atoms with Crippen LogP contribution in [-0.4, -0.2) is 75.2 Å². The zero-order chi connectivity index (χ0) is 17.8. The summed E-state index contributed by atoms with van der Waals surface area (Å²) < 4.78 is 5.08. The molecule has 1 aromatic carbocycles. The van der Waals surface area contributed by atoms with Gasteiger partial charge in [0.15, 0.2) is 0 Å². The number of anilines is 1. The molecule has 0 aromatic heterocycles. The van der Waals surface area contributed by atoms with E-state index in [1.54, 1.807) is 7.11 Å². The number of nitrogens with zero attached hydrogens (tertiary/aromatic N) is 3. The van der Waals surface area contributed by atoms with Gasteiger partial charge in [0, 0.05) is 59.3 Å². The maximum Gasteiger partial charge on any atom is 0.223 e. The first-order chi connectivity index (χ1) is 12.1. The summed E-state index contributed by atoms with van der Waals surface area (Å²) in [5.74, 6) is 0.678. The van der Waals surface area contributed by atoms with Gasteiger partial charge in [0.05, 0.1) is 22.3 Å². The Morgan fingerprint density at radius 2 is 1.96 bits per heavy atom. The summed E-state index contributed by atoms with van der Waals surface area (Å²) in [6, 6.07) is 5.78. The highest BCUT2D eigenvalue weighted by molar-refractivity contribution is 6.43. The topological polar surface area (TPSA) is 36.0 Å². The molecule has 0 unspecified atom stereocenters. The fraction of sp³-hybridized carbons (Fsp3) is 0.611. The summed E-state index contributed by atoms with van der Waals surface area (Å²) in [6.07, 6.45) is 0.657. The molecule has 25 heavy (non-hydrogen) atoms. The summed E-state index contributed by atoms with van der Waals surface area (Å²) in [7, 11) is 1.67. The van der Waals surface area contributed by atoms with Crippen molar-refractivity contribution in [1.29, 1.82) is 0 Å². The van der Waals surface area contributed by atoms with Gasteiger partial charge in [0.1, 0.15) is 0 Å². The van der Waals surface area contributed by atoms with Gasteiger partial charge in [0.25, 0.3) is 0 Å². The van der Waals surface area contributed by atoms with Crippen LogP contribution in [0.15, 0.2) is 18.2 Å². The Morgan fingerprint density at radius 3 is 2.68 bits per heavy atom. The smallest absolute Gasteiger partial charge is 0.223 e. The number of piperazine rings is 1. The highest BCUT2D eigenvalue weighted by atomic mass is 35.5. The maximum atomic E-state index is 12.1. The third-order valence-corrected chi connectivity index (χ3v) is 5.83. The van der Waals surface area contributed by atoms with Gasteiger partial charge < -0.3 is 14.5 Å². The van der Waals surface area contributed by atoms with Crippen molar-refractivity contribution in [3.05, 3.63) is 28.2 Å². The minimum absolute atomic E-state index is 0.256. The molecule has 0 spiro atoms. The first-order valence-corrected chi connectivity index (χ1v) is 9.52. The third-order valence-electron chi connectivity index (χ3n) is 5.02. The molecule has 0 radical (unpaired) electrons. The Labute approximate surface area is 159 Å². The number of methoxy groups -OCH3 is 1. The predicted molar refractivity (Wildman–Crippen MR) is 102 cm³/mol. The average Bonchev–Trinajstić information content (AvgIpc) is 2.95. The summed E-state index contributed by atoms with van der Waals surface area (Å²) in [6.45, 7) is 6.94. The minimum Gasteiger partial charge on any atom is -0.383 e. The van der Waals surface area contributed by atoms with Gasteiger partial charge in [-0.25, -0.2) is 0 Å². The van der Waals surface area contributed by atoms with Crippen molar-refractivity contribution in [3.8, 4) is 0 Å². The lowest BCUT2D eigenvalue weighted by atomic mass is 10.1. The molecule has 2 heterocycles. The first kappa shape index (κ1) is 18.8. The summed E-state index contributed by atoms with van der Waals surface area (Å²) in [5.41, 5.74) is 1.01. The largest absolute Gasteiger partial charge is 0.383 e. The second kappa shape index (κ2) is 8.58. The van der Waals surface area contributed by atoms with Gasteiger partial charge in [-0.15, -0.1) is 0 Å². The SMILES string of the molecule is COCCN1C[C@@H](CN2CCN(c3cccc(Cl)c3Cl)CC2)CC1=O. The van der Waals surface area contributed by atoms with Crippen LogP contribution in [0.25, 0.3) is 0 Å². The molecule has 0 bridgehead atoms. The number of carbonyl (C=O) groups excluding carboxylic acids is 1. The lowest BCUT2D eigenvalue weighted by Crippen LogP contribution is -2.48. The zero-order valence-electron chi connectivity index (χ0n) is 14.6. The van der Waals surface area contributed by atoms with E-state index in [1.165, 1.54) is 0 Å². The van der Waals surface area contributed by atoms with Crippen molar-refractivity contribution >= 4 is 34.8 Å². The fourth-order valence-corrected chi connectivity index (χ4v) is 4.08. The van der Waals surface area contributed by atoms with E-state index in [0.29, 0.717) is 35.5 Å². The van der Waals surface area contributed by atoms with E-state index in [9.17, 15) is 4.79 Å². The second-order valence-corrected chi connectivity index (χ2v) is 7.55. The summed E-state index contributed by atoms with van der Waals surface area (Å²) in [5, 5.41) is 1.23. The van der Waals surface area contributed by atoms with Crippen LogP contribution in [0.2, 0.25) is 10.0 Å². The zero-order valence-corrected chi connectivity index (χ0v) is 16.1. The number of amides is 1. The molecule has 0 aliphatic carbocycles. The monoisotopic (exact) mass is 385 g/mol. The molecule has 3 rings (SSSR count). The van der Waals surface area contributed by atoms with Crippen molar-refractivity contribution < 1.29 is 9.53 Å².